The van der Waals surface area contributed by atoms with E-state index in [2.05, 4.69) is 10.4 Å². The van der Waals surface area contributed by atoms with E-state index < -0.39 is 5.23 Å². The van der Waals surface area contributed by atoms with Crippen molar-refractivity contribution < 1.29 is 19.6 Å². The zero-order chi connectivity index (χ0) is 11.5. The summed E-state index contributed by atoms with van der Waals surface area (Å²) in [7, 11) is 0. The Labute approximate surface area is 90.3 Å². The van der Waals surface area contributed by atoms with Crippen molar-refractivity contribution in [3.05, 3.63) is 23.1 Å². The molecule has 1 fully saturated rings. The van der Waals surface area contributed by atoms with Gasteiger partial charge in [0.1, 0.15) is 0 Å². The molecule has 0 bridgehead atoms. The van der Waals surface area contributed by atoms with Crippen LogP contribution < -0.4 is 10.5 Å². The van der Waals surface area contributed by atoms with Crippen molar-refractivity contribution in [2.75, 3.05) is 13.1 Å². The lowest BCUT2D eigenvalue weighted by Gasteiger charge is -2.06. The first-order valence-electron chi connectivity index (χ1n) is 4.59. The Bertz CT molecular complexity index is 414. The summed E-state index contributed by atoms with van der Waals surface area (Å²) < 4.78 is 4.93. The van der Waals surface area contributed by atoms with Gasteiger partial charge in [0.2, 0.25) is 0 Å². The largest absolute Gasteiger partial charge is 0.592 e. The number of nitrogens with one attached hydrogen (secondary N) is 2. The normalized spacial score (nSPS) is 18.1. The molecule has 0 spiro atoms. The number of nitrogens with zero attached hydrogens (tertiary/aromatic N) is 2. The van der Waals surface area contributed by atoms with E-state index in [-0.39, 0.29) is 17.7 Å². The Balaban J connectivity index is 2.02. The number of carbonyl (C=O) groups is 1. The van der Waals surface area contributed by atoms with E-state index in [0.717, 1.165) is 0 Å². The average molecular weight is 226 g/mol. The van der Waals surface area contributed by atoms with Crippen molar-refractivity contribution in [2.45, 2.75) is 0 Å². The highest BCUT2D eigenvalue weighted by molar-refractivity contribution is 5.80. The van der Waals surface area contributed by atoms with Crippen molar-refractivity contribution in [1.82, 2.24) is 10.3 Å². The number of quaternary nitrogens is 1. The predicted molar refractivity (Wildman–Crippen MR) is 52.2 cm³/mol. The molecule has 8 nitrogen and oxygen atoms in total. The highest BCUT2D eigenvalue weighted by Gasteiger charge is 2.18. The van der Waals surface area contributed by atoms with Crippen molar-refractivity contribution in [3.63, 3.8) is 0 Å². The minimum atomic E-state index is -1.14. The molecular formula is C8H10N4O4. The Kier molecular flexibility index (Phi) is 2.86. The van der Waals surface area contributed by atoms with Gasteiger partial charge in [0.15, 0.2) is 5.76 Å². The minimum absolute atomic E-state index is 0.160. The predicted octanol–water partition coefficient (Wildman–Crippen LogP) is -0.958. The Hall–Kier alpha value is -1.90. The molecule has 16 heavy (non-hydrogen) atoms. The summed E-state index contributed by atoms with van der Waals surface area (Å²) in [6, 6.07) is 2.52. The molecule has 1 atom stereocenters. The maximum atomic E-state index is 11.1. The zero-order valence-corrected chi connectivity index (χ0v) is 8.21. The molecule has 2 heterocycles. The van der Waals surface area contributed by atoms with Crippen LogP contribution in [0.5, 0.6) is 0 Å². The summed E-state index contributed by atoms with van der Waals surface area (Å²) in [5, 5.41) is 25.7. The van der Waals surface area contributed by atoms with Crippen LogP contribution in [0.15, 0.2) is 21.7 Å². The van der Waals surface area contributed by atoms with E-state index >= 15 is 0 Å². The van der Waals surface area contributed by atoms with Crippen LogP contribution in [0.25, 0.3) is 0 Å². The van der Waals surface area contributed by atoms with Gasteiger partial charge in [-0.1, -0.05) is 0 Å². The van der Waals surface area contributed by atoms with Crippen LogP contribution in [0.4, 0.5) is 10.7 Å². The molecule has 1 aromatic heterocycles. The Morgan fingerprint density at radius 2 is 2.50 bits per heavy atom. The van der Waals surface area contributed by atoms with E-state index in [9.17, 15) is 10.0 Å². The number of hydrogen-bond donors (Lipinski definition) is 3. The van der Waals surface area contributed by atoms with Crippen LogP contribution in [0.3, 0.4) is 0 Å². The van der Waals surface area contributed by atoms with Gasteiger partial charge in [0.25, 0.3) is 0 Å². The average Bonchev–Trinajstić information content (AvgIpc) is 2.83. The molecule has 2 rings (SSSR count). The molecule has 86 valence electrons. The number of rotatable bonds is 3. The van der Waals surface area contributed by atoms with Gasteiger partial charge in [0.05, 0.1) is 12.8 Å². The molecule has 8 heteroatoms. The van der Waals surface area contributed by atoms with Crippen molar-refractivity contribution in [1.29, 1.82) is 0 Å². The monoisotopic (exact) mass is 226 g/mol. The summed E-state index contributed by atoms with van der Waals surface area (Å²) in [4.78, 5) is 11.1. The maximum Gasteiger partial charge on any atom is 0.337 e. The molecule has 1 unspecified atom stereocenters. The highest BCUT2D eigenvalue weighted by atomic mass is 16.8. The lowest BCUT2D eigenvalue weighted by atomic mass is 10.5. The maximum absolute atomic E-state index is 11.1. The fraction of sp³-hybridized carbons (Fsp3) is 0.250. The first-order valence-corrected chi connectivity index (χ1v) is 4.59. The van der Waals surface area contributed by atoms with Gasteiger partial charge in [-0.15, -0.1) is 0 Å². The molecule has 1 saturated heterocycles. The lowest BCUT2D eigenvalue weighted by molar-refractivity contribution is -0.997. The molecule has 3 N–H and O–H groups in total. The third-order valence-electron chi connectivity index (χ3n) is 2.00. The second kappa shape index (κ2) is 4.31. The van der Waals surface area contributed by atoms with Crippen LogP contribution in [0.1, 0.15) is 5.76 Å². The smallest absolute Gasteiger partial charge is 0.337 e. The molecule has 2 amide bonds. The van der Waals surface area contributed by atoms with Crippen molar-refractivity contribution in [2.24, 2.45) is 5.10 Å². The van der Waals surface area contributed by atoms with E-state index in [1.54, 1.807) is 0 Å². The topological polar surface area (TPSA) is 106 Å². The quantitative estimate of drug-likeness (QED) is 0.456. The summed E-state index contributed by atoms with van der Waals surface area (Å²) in [6.45, 7) is 1.04. The Morgan fingerprint density at radius 1 is 1.69 bits per heavy atom. The number of hydrogen-bond acceptors (Lipinski definition) is 5. The van der Waals surface area contributed by atoms with Crippen LogP contribution in [-0.2, 0) is 0 Å². The number of furan rings is 1. The third kappa shape index (κ3) is 2.19. The second-order valence-corrected chi connectivity index (χ2v) is 3.11. The standard InChI is InChI=1S/C8H10N4O4/c13-8-9-3-4-11(8)10-5-6-1-2-7(16-6)12(14)15/h1-2,5,12,14H,3-4H2,(H,9,13)/b10-5+. The number of hydrazone groups is 1. The SMILES string of the molecule is O=C1NCCN1/N=C/c1ccc([NH+]([O-])O)o1. The first kappa shape index (κ1) is 10.6. The molecular weight excluding hydrogens is 216 g/mol. The highest BCUT2D eigenvalue weighted by Crippen LogP contribution is 2.07. The van der Waals surface area contributed by atoms with Gasteiger partial charge >= 0.3 is 11.9 Å². The number of amides is 2. The third-order valence-corrected chi connectivity index (χ3v) is 2.00. The molecule has 0 saturated carbocycles. The molecule has 0 aliphatic carbocycles. The molecule has 1 aromatic rings. The number of carbonyl (C=O) groups excluding carboxylic acids is 1. The van der Waals surface area contributed by atoms with Gasteiger partial charge in [-0.25, -0.2) is 15.0 Å². The van der Waals surface area contributed by atoms with Crippen LogP contribution >= 0.6 is 0 Å². The van der Waals surface area contributed by atoms with E-state index in [1.165, 1.54) is 23.4 Å². The van der Waals surface area contributed by atoms with Crippen LogP contribution in [-0.4, -0.2) is 35.6 Å². The molecule has 0 aromatic carbocycles. The van der Waals surface area contributed by atoms with Crippen molar-refractivity contribution >= 4 is 18.1 Å². The first-order chi connectivity index (χ1) is 7.66. The molecule has 1 aliphatic heterocycles. The molecule has 0 radical (unpaired) electrons. The zero-order valence-electron chi connectivity index (χ0n) is 8.21. The van der Waals surface area contributed by atoms with Crippen molar-refractivity contribution in [3.8, 4) is 0 Å². The summed E-state index contributed by atoms with van der Waals surface area (Å²) in [5.74, 6) is 0.129. The summed E-state index contributed by atoms with van der Waals surface area (Å²) >= 11 is 0. The Morgan fingerprint density at radius 3 is 3.06 bits per heavy atom. The summed E-state index contributed by atoms with van der Waals surface area (Å²) in [6.07, 6.45) is 1.30. The van der Waals surface area contributed by atoms with Crippen LogP contribution in [0, 0.1) is 5.21 Å². The van der Waals surface area contributed by atoms with Gasteiger partial charge in [-0.05, 0) is 6.07 Å². The lowest BCUT2D eigenvalue weighted by Crippen LogP contribution is -2.99. The molecule has 1 aliphatic rings. The minimum Gasteiger partial charge on any atom is -0.592 e. The van der Waals surface area contributed by atoms with Gasteiger partial charge in [-0.2, -0.15) is 10.3 Å². The van der Waals surface area contributed by atoms with E-state index in [4.69, 9.17) is 9.62 Å². The van der Waals surface area contributed by atoms with Crippen LogP contribution in [0.2, 0.25) is 0 Å². The second-order valence-electron chi connectivity index (χ2n) is 3.11. The van der Waals surface area contributed by atoms with Gasteiger partial charge in [-0.3, -0.25) is 0 Å². The fourth-order valence-electron chi connectivity index (χ4n) is 1.24. The van der Waals surface area contributed by atoms with E-state index in [1.807, 2.05) is 0 Å². The number of urea groups is 1. The fourth-order valence-corrected chi connectivity index (χ4v) is 1.24. The van der Waals surface area contributed by atoms with E-state index in [0.29, 0.717) is 13.1 Å². The van der Waals surface area contributed by atoms with Gasteiger partial charge < -0.3 is 14.9 Å². The summed E-state index contributed by atoms with van der Waals surface area (Å²) in [5.41, 5.74) is 0. The van der Waals surface area contributed by atoms with Gasteiger partial charge in [0, 0.05) is 12.6 Å².